The minimum absolute atomic E-state index is 0.0551. The van der Waals surface area contributed by atoms with Crippen molar-refractivity contribution < 1.29 is 8.42 Å². The van der Waals surface area contributed by atoms with Gasteiger partial charge in [0.15, 0.2) is 0 Å². The van der Waals surface area contributed by atoms with E-state index in [1.54, 1.807) is 4.57 Å². The number of alkyl halides is 1. The van der Waals surface area contributed by atoms with Gasteiger partial charge < -0.3 is 4.57 Å². The SMILES string of the molecule is C[C@@H](c1ccccc1)n1c(CCl)cnc1S(C)(=O)=O. The monoisotopic (exact) mass is 298 g/mol. The molecular formula is C13H15ClN2O2S. The average molecular weight is 299 g/mol. The smallest absolute Gasteiger partial charge is 0.228 e. The molecule has 0 aliphatic rings. The molecule has 102 valence electrons. The van der Waals surface area contributed by atoms with Crippen LogP contribution in [-0.2, 0) is 15.7 Å². The molecule has 1 aromatic carbocycles. The van der Waals surface area contributed by atoms with Crippen LogP contribution >= 0.6 is 11.6 Å². The Morgan fingerprint density at radius 1 is 1.32 bits per heavy atom. The topological polar surface area (TPSA) is 52.0 Å². The summed E-state index contributed by atoms with van der Waals surface area (Å²) >= 11 is 5.87. The standard InChI is InChI=1S/C13H15ClN2O2S/c1-10(11-6-4-3-5-7-11)16-12(8-14)9-15-13(16)19(2,17)18/h3-7,9-10H,8H2,1-2H3/t10-/m0/s1. The quantitative estimate of drug-likeness (QED) is 0.815. The molecule has 0 saturated heterocycles. The third-order valence-corrected chi connectivity index (χ3v) is 4.22. The Kier molecular flexibility index (Phi) is 3.96. The van der Waals surface area contributed by atoms with Gasteiger partial charge in [0.1, 0.15) is 0 Å². The fourth-order valence-electron chi connectivity index (χ4n) is 2.05. The highest BCUT2D eigenvalue weighted by molar-refractivity contribution is 7.90. The molecular weight excluding hydrogens is 284 g/mol. The van der Waals surface area contributed by atoms with E-state index in [1.807, 2.05) is 37.3 Å². The Balaban J connectivity index is 2.58. The van der Waals surface area contributed by atoms with Crippen molar-refractivity contribution >= 4 is 21.4 Å². The highest BCUT2D eigenvalue weighted by Crippen LogP contribution is 2.24. The summed E-state index contributed by atoms with van der Waals surface area (Å²) in [4.78, 5) is 4.00. The highest BCUT2D eigenvalue weighted by Gasteiger charge is 2.22. The summed E-state index contributed by atoms with van der Waals surface area (Å²) in [6, 6.07) is 9.53. The van der Waals surface area contributed by atoms with Gasteiger partial charge in [0.05, 0.1) is 23.8 Å². The van der Waals surface area contributed by atoms with Crippen molar-refractivity contribution in [1.82, 2.24) is 9.55 Å². The zero-order chi connectivity index (χ0) is 14.0. The number of benzene rings is 1. The minimum Gasteiger partial charge on any atom is -0.311 e. The van der Waals surface area contributed by atoms with Crippen LogP contribution < -0.4 is 0 Å². The summed E-state index contributed by atoms with van der Waals surface area (Å²) < 4.78 is 25.3. The molecule has 1 aromatic heterocycles. The predicted molar refractivity (Wildman–Crippen MR) is 75.1 cm³/mol. The summed E-state index contributed by atoms with van der Waals surface area (Å²) in [6.45, 7) is 1.93. The van der Waals surface area contributed by atoms with Gasteiger partial charge in [-0.25, -0.2) is 13.4 Å². The second kappa shape index (κ2) is 5.35. The number of rotatable bonds is 4. The van der Waals surface area contributed by atoms with Gasteiger partial charge in [0, 0.05) is 6.26 Å². The molecule has 1 atom stereocenters. The van der Waals surface area contributed by atoms with Crippen molar-refractivity contribution in [1.29, 1.82) is 0 Å². The molecule has 19 heavy (non-hydrogen) atoms. The van der Waals surface area contributed by atoms with E-state index in [9.17, 15) is 8.42 Å². The average Bonchev–Trinajstić information content (AvgIpc) is 2.82. The van der Waals surface area contributed by atoms with Gasteiger partial charge in [-0.2, -0.15) is 0 Å². The van der Waals surface area contributed by atoms with E-state index in [1.165, 1.54) is 6.20 Å². The lowest BCUT2D eigenvalue weighted by Gasteiger charge is -2.18. The maximum atomic E-state index is 11.8. The lowest BCUT2D eigenvalue weighted by atomic mass is 10.1. The molecule has 0 aliphatic carbocycles. The number of nitrogens with zero attached hydrogens (tertiary/aromatic N) is 2. The van der Waals surface area contributed by atoms with Gasteiger partial charge in [-0.15, -0.1) is 11.6 Å². The predicted octanol–water partition coefficient (Wildman–Crippen LogP) is 2.63. The maximum absolute atomic E-state index is 11.8. The van der Waals surface area contributed by atoms with Crippen LogP contribution in [0.4, 0.5) is 0 Å². The van der Waals surface area contributed by atoms with Gasteiger partial charge >= 0.3 is 0 Å². The van der Waals surface area contributed by atoms with E-state index in [0.29, 0.717) is 5.69 Å². The van der Waals surface area contributed by atoms with Crippen LogP contribution in [0.3, 0.4) is 0 Å². The summed E-state index contributed by atoms with van der Waals surface area (Å²) in [5.74, 6) is 0.222. The number of hydrogen-bond donors (Lipinski definition) is 0. The summed E-state index contributed by atoms with van der Waals surface area (Å²) in [5.41, 5.74) is 1.70. The molecule has 0 amide bonds. The van der Waals surface area contributed by atoms with E-state index < -0.39 is 9.84 Å². The van der Waals surface area contributed by atoms with Crippen LogP contribution in [-0.4, -0.2) is 24.2 Å². The molecule has 4 nitrogen and oxygen atoms in total. The van der Waals surface area contributed by atoms with E-state index in [4.69, 9.17) is 11.6 Å². The molecule has 0 bridgehead atoms. The molecule has 0 unspecified atom stereocenters. The first-order valence-corrected chi connectivity index (χ1v) is 8.25. The van der Waals surface area contributed by atoms with Crippen molar-refractivity contribution in [2.24, 2.45) is 0 Å². The van der Waals surface area contributed by atoms with E-state index in [0.717, 1.165) is 11.8 Å². The molecule has 2 rings (SSSR count). The number of sulfone groups is 1. The van der Waals surface area contributed by atoms with Gasteiger partial charge in [-0.3, -0.25) is 0 Å². The fourth-order valence-corrected chi connectivity index (χ4v) is 3.12. The number of hydrogen-bond acceptors (Lipinski definition) is 3. The van der Waals surface area contributed by atoms with Gasteiger partial charge in [-0.05, 0) is 12.5 Å². The first-order chi connectivity index (χ1) is 8.95. The zero-order valence-corrected chi connectivity index (χ0v) is 12.3. The van der Waals surface area contributed by atoms with E-state index in [2.05, 4.69) is 4.98 Å². The van der Waals surface area contributed by atoms with Crippen LogP contribution in [0.15, 0.2) is 41.7 Å². The first kappa shape index (κ1) is 14.1. The van der Waals surface area contributed by atoms with E-state index in [-0.39, 0.29) is 17.1 Å². The van der Waals surface area contributed by atoms with E-state index >= 15 is 0 Å². The third kappa shape index (κ3) is 2.82. The molecule has 0 N–H and O–H groups in total. The summed E-state index contributed by atoms with van der Waals surface area (Å²) in [6.07, 6.45) is 2.67. The molecule has 2 aromatic rings. The molecule has 0 saturated carbocycles. The molecule has 0 spiro atoms. The Morgan fingerprint density at radius 2 is 1.95 bits per heavy atom. The Morgan fingerprint density at radius 3 is 2.47 bits per heavy atom. The maximum Gasteiger partial charge on any atom is 0.228 e. The van der Waals surface area contributed by atoms with Crippen LogP contribution in [0.1, 0.15) is 24.2 Å². The van der Waals surface area contributed by atoms with Crippen LogP contribution in [0.2, 0.25) is 0 Å². The van der Waals surface area contributed by atoms with Crippen molar-refractivity contribution in [2.75, 3.05) is 6.26 Å². The van der Waals surface area contributed by atoms with Crippen molar-refractivity contribution in [2.45, 2.75) is 24.0 Å². The highest BCUT2D eigenvalue weighted by atomic mass is 35.5. The Bertz CT molecular complexity index is 665. The Hall–Kier alpha value is -1.33. The second-order valence-corrected chi connectivity index (χ2v) is 6.57. The van der Waals surface area contributed by atoms with Gasteiger partial charge in [0.25, 0.3) is 0 Å². The van der Waals surface area contributed by atoms with Gasteiger partial charge in [0.2, 0.25) is 15.0 Å². The molecule has 0 aliphatic heterocycles. The van der Waals surface area contributed by atoms with Crippen LogP contribution in [0.25, 0.3) is 0 Å². The Labute approximate surface area is 118 Å². The van der Waals surface area contributed by atoms with Crippen LogP contribution in [0.5, 0.6) is 0 Å². The first-order valence-electron chi connectivity index (χ1n) is 5.82. The normalized spacial score (nSPS) is 13.4. The number of imidazole rings is 1. The molecule has 0 radical (unpaired) electrons. The second-order valence-electron chi connectivity index (χ2n) is 4.39. The zero-order valence-electron chi connectivity index (χ0n) is 10.7. The van der Waals surface area contributed by atoms with Gasteiger partial charge in [-0.1, -0.05) is 30.3 Å². The lowest BCUT2D eigenvalue weighted by Crippen LogP contribution is -2.16. The summed E-state index contributed by atoms with van der Waals surface area (Å²) in [7, 11) is -3.38. The third-order valence-electron chi connectivity index (χ3n) is 2.98. The van der Waals surface area contributed by atoms with Crippen molar-refractivity contribution in [3.8, 4) is 0 Å². The van der Waals surface area contributed by atoms with Crippen molar-refractivity contribution in [3.05, 3.63) is 47.8 Å². The number of aromatic nitrogens is 2. The minimum atomic E-state index is -3.38. The number of halogens is 1. The fraction of sp³-hybridized carbons (Fsp3) is 0.308. The summed E-state index contributed by atoms with van der Waals surface area (Å²) in [5, 5.41) is 0.0551. The molecule has 1 heterocycles. The largest absolute Gasteiger partial charge is 0.311 e. The van der Waals surface area contributed by atoms with Crippen LogP contribution in [0, 0.1) is 0 Å². The van der Waals surface area contributed by atoms with Crippen molar-refractivity contribution in [3.63, 3.8) is 0 Å². The lowest BCUT2D eigenvalue weighted by molar-refractivity contribution is 0.534. The molecule has 0 fully saturated rings. The molecule has 6 heteroatoms.